The fourth-order valence-electron chi connectivity index (χ4n) is 3.29. The zero-order chi connectivity index (χ0) is 18.8. The number of carbonyl (C=O) groups is 2. The average molecular weight is 364 g/mol. The Bertz CT molecular complexity index is 980. The number of aromatic nitrogens is 2. The van der Waals surface area contributed by atoms with Crippen LogP contribution in [0.15, 0.2) is 48.5 Å². The smallest absolute Gasteiger partial charge is 0.229 e. The molecule has 0 unspecified atom stereocenters. The number of aromatic amines is 1. The summed E-state index contributed by atoms with van der Waals surface area (Å²) in [6.45, 7) is 2.82. The van der Waals surface area contributed by atoms with Crippen molar-refractivity contribution in [2.45, 2.75) is 13.3 Å². The number of ether oxygens (including phenoxy) is 1. The number of carbonyl (C=O) groups excluding carboxylic acids is 2. The van der Waals surface area contributed by atoms with Crippen molar-refractivity contribution in [1.29, 1.82) is 0 Å². The van der Waals surface area contributed by atoms with E-state index in [1.807, 2.05) is 31.2 Å². The molecule has 0 aliphatic carbocycles. The summed E-state index contributed by atoms with van der Waals surface area (Å²) < 4.78 is 5.40. The van der Waals surface area contributed by atoms with Gasteiger partial charge in [-0.3, -0.25) is 19.6 Å². The van der Waals surface area contributed by atoms with Gasteiger partial charge in [0.2, 0.25) is 11.8 Å². The Labute approximate surface area is 156 Å². The molecule has 0 bridgehead atoms. The number of hydrogen-bond acceptors (Lipinski definition) is 4. The highest BCUT2D eigenvalue weighted by molar-refractivity contribution is 6.06. The number of hydrogen-bond donors (Lipinski definition) is 2. The van der Waals surface area contributed by atoms with Crippen LogP contribution in [0.2, 0.25) is 0 Å². The van der Waals surface area contributed by atoms with Gasteiger partial charge in [-0.2, -0.15) is 5.10 Å². The molecule has 1 saturated heterocycles. The molecule has 1 aliphatic rings. The van der Waals surface area contributed by atoms with Gasteiger partial charge >= 0.3 is 0 Å². The Balaban J connectivity index is 1.46. The third-order valence-corrected chi connectivity index (χ3v) is 4.63. The van der Waals surface area contributed by atoms with Crippen molar-refractivity contribution in [1.82, 2.24) is 10.2 Å². The molecular formula is C20H20N4O3. The van der Waals surface area contributed by atoms with Gasteiger partial charge in [0.05, 0.1) is 18.0 Å². The summed E-state index contributed by atoms with van der Waals surface area (Å²) in [6.07, 6.45) is 0.171. The number of benzene rings is 2. The SMILES string of the molecule is CCOc1ccc(NC(=O)[C@H]2CC(=O)N(c3n[nH]c4ccccc34)C2)cc1. The molecule has 2 N–H and O–H groups in total. The molecule has 2 heterocycles. The fourth-order valence-corrected chi connectivity index (χ4v) is 3.29. The van der Waals surface area contributed by atoms with Crippen LogP contribution in [0.5, 0.6) is 5.75 Å². The van der Waals surface area contributed by atoms with Crippen molar-refractivity contribution >= 4 is 34.2 Å². The number of H-pyrrole nitrogens is 1. The first-order chi connectivity index (χ1) is 13.2. The van der Waals surface area contributed by atoms with Crippen LogP contribution < -0.4 is 15.0 Å². The Morgan fingerprint density at radius 3 is 2.81 bits per heavy atom. The first kappa shape index (κ1) is 17.1. The van der Waals surface area contributed by atoms with Crippen molar-refractivity contribution in [3.05, 3.63) is 48.5 Å². The minimum absolute atomic E-state index is 0.0981. The zero-order valence-electron chi connectivity index (χ0n) is 14.9. The summed E-state index contributed by atoms with van der Waals surface area (Å²) >= 11 is 0. The lowest BCUT2D eigenvalue weighted by Crippen LogP contribution is -2.28. The van der Waals surface area contributed by atoms with Gasteiger partial charge in [0, 0.05) is 24.0 Å². The predicted octanol–water partition coefficient (Wildman–Crippen LogP) is 2.95. The molecule has 0 spiro atoms. The van der Waals surface area contributed by atoms with Crippen LogP contribution in [-0.2, 0) is 9.59 Å². The number of amides is 2. The molecule has 3 aromatic rings. The maximum Gasteiger partial charge on any atom is 0.229 e. The maximum atomic E-state index is 12.6. The Hall–Kier alpha value is -3.35. The molecule has 1 fully saturated rings. The van der Waals surface area contributed by atoms with E-state index < -0.39 is 5.92 Å². The molecule has 1 aromatic heterocycles. The van der Waals surface area contributed by atoms with E-state index >= 15 is 0 Å². The van der Waals surface area contributed by atoms with Gasteiger partial charge in [0.25, 0.3) is 0 Å². The monoisotopic (exact) mass is 364 g/mol. The van der Waals surface area contributed by atoms with E-state index in [1.54, 1.807) is 29.2 Å². The number of para-hydroxylation sites is 1. The van der Waals surface area contributed by atoms with Gasteiger partial charge < -0.3 is 10.1 Å². The highest BCUT2D eigenvalue weighted by atomic mass is 16.5. The van der Waals surface area contributed by atoms with Crippen LogP contribution in [0, 0.1) is 5.92 Å². The fraction of sp³-hybridized carbons (Fsp3) is 0.250. The average Bonchev–Trinajstić information content (AvgIpc) is 3.27. The lowest BCUT2D eigenvalue weighted by molar-refractivity contribution is -0.122. The molecule has 7 nitrogen and oxygen atoms in total. The molecular weight excluding hydrogens is 344 g/mol. The second kappa shape index (κ2) is 7.11. The lowest BCUT2D eigenvalue weighted by Gasteiger charge is -2.14. The third-order valence-electron chi connectivity index (χ3n) is 4.63. The van der Waals surface area contributed by atoms with Crippen LogP contribution in [0.25, 0.3) is 10.9 Å². The molecule has 1 aliphatic heterocycles. The molecule has 138 valence electrons. The summed E-state index contributed by atoms with van der Waals surface area (Å²) in [5, 5.41) is 10.9. The molecule has 27 heavy (non-hydrogen) atoms. The van der Waals surface area contributed by atoms with Gasteiger partial charge in [-0.1, -0.05) is 12.1 Å². The topological polar surface area (TPSA) is 87.3 Å². The quantitative estimate of drug-likeness (QED) is 0.729. The van der Waals surface area contributed by atoms with E-state index in [4.69, 9.17) is 4.74 Å². The third kappa shape index (κ3) is 3.36. The van der Waals surface area contributed by atoms with Gasteiger partial charge in [-0.05, 0) is 43.3 Å². The molecule has 7 heteroatoms. The number of rotatable bonds is 5. The summed E-state index contributed by atoms with van der Waals surface area (Å²) in [6, 6.07) is 14.8. The highest BCUT2D eigenvalue weighted by Gasteiger charge is 2.36. The van der Waals surface area contributed by atoms with Gasteiger partial charge in [-0.25, -0.2) is 0 Å². The van der Waals surface area contributed by atoms with Crippen molar-refractivity contribution < 1.29 is 14.3 Å². The molecule has 1 atom stereocenters. The summed E-state index contributed by atoms with van der Waals surface area (Å²) in [7, 11) is 0. The van der Waals surface area contributed by atoms with Crippen molar-refractivity contribution in [2.24, 2.45) is 5.92 Å². The second-order valence-corrected chi connectivity index (χ2v) is 6.44. The summed E-state index contributed by atoms with van der Waals surface area (Å²) in [4.78, 5) is 26.7. The van der Waals surface area contributed by atoms with Gasteiger partial charge in [0.1, 0.15) is 5.75 Å². The molecule has 0 radical (unpaired) electrons. The standard InChI is InChI=1S/C20H20N4O3/c1-2-27-15-9-7-14(8-10-15)21-20(26)13-11-18(25)24(12-13)19-16-5-3-4-6-17(16)22-23-19/h3-10,13H,2,11-12H2,1H3,(H,21,26)(H,22,23)/t13-/m0/s1. The first-order valence-electron chi connectivity index (χ1n) is 8.93. The Morgan fingerprint density at radius 2 is 2.04 bits per heavy atom. The number of anilines is 2. The van der Waals surface area contributed by atoms with Crippen LogP contribution >= 0.6 is 0 Å². The molecule has 0 saturated carbocycles. The van der Waals surface area contributed by atoms with Gasteiger partial charge in [0.15, 0.2) is 5.82 Å². The maximum absolute atomic E-state index is 12.6. The Kier molecular flexibility index (Phi) is 4.50. The first-order valence-corrected chi connectivity index (χ1v) is 8.93. The summed E-state index contributed by atoms with van der Waals surface area (Å²) in [5.74, 6) is 0.642. The van der Waals surface area contributed by atoms with E-state index in [2.05, 4.69) is 15.5 Å². The number of nitrogens with zero attached hydrogens (tertiary/aromatic N) is 2. The minimum Gasteiger partial charge on any atom is -0.494 e. The van der Waals surface area contributed by atoms with Gasteiger partial charge in [-0.15, -0.1) is 0 Å². The van der Waals surface area contributed by atoms with Crippen LogP contribution in [-0.4, -0.2) is 35.2 Å². The van der Waals surface area contributed by atoms with Crippen LogP contribution in [0.3, 0.4) is 0 Å². The van der Waals surface area contributed by atoms with Crippen molar-refractivity contribution in [3.8, 4) is 5.75 Å². The van der Waals surface area contributed by atoms with Crippen LogP contribution in [0.1, 0.15) is 13.3 Å². The van der Waals surface area contributed by atoms with E-state index in [1.165, 1.54) is 0 Å². The number of fused-ring (bicyclic) bond motifs is 1. The molecule has 2 amide bonds. The second-order valence-electron chi connectivity index (χ2n) is 6.44. The predicted molar refractivity (Wildman–Crippen MR) is 103 cm³/mol. The van der Waals surface area contributed by atoms with E-state index in [-0.39, 0.29) is 18.2 Å². The van der Waals surface area contributed by atoms with E-state index in [0.717, 1.165) is 16.7 Å². The lowest BCUT2D eigenvalue weighted by atomic mass is 10.1. The zero-order valence-corrected chi connectivity index (χ0v) is 14.9. The van der Waals surface area contributed by atoms with Crippen LogP contribution in [0.4, 0.5) is 11.5 Å². The van der Waals surface area contributed by atoms with E-state index in [0.29, 0.717) is 24.7 Å². The molecule has 2 aromatic carbocycles. The normalized spacial score (nSPS) is 16.7. The van der Waals surface area contributed by atoms with Crippen molar-refractivity contribution in [2.75, 3.05) is 23.4 Å². The highest BCUT2D eigenvalue weighted by Crippen LogP contribution is 2.30. The van der Waals surface area contributed by atoms with Crippen molar-refractivity contribution in [3.63, 3.8) is 0 Å². The molecule has 4 rings (SSSR count). The number of nitrogens with one attached hydrogen (secondary N) is 2. The van der Waals surface area contributed by atoms with E-state index in [9.17, 15) is 9.59 Å². The summed E-state index contributed by atoms with van der Waals surface area (Å²) in [5.41, 5.74) is 1.54. The Morgan fingerprint density at radius 1 is 1.26 bits per heavy atom. The minimum atomic E-state index is -0.417. The largest absolute Gasteiger partial charge is 0.494 e.